The smallest absolute Gasteiger partial charge is 0.0556 e. The minimum Gasteiger partial charge on any atom is -0.395 e. The van der Waals surface area contributed by atoms with Crippen LogP contribution in [0.3, 0.4) is 0 Å². The van der Waals surface area contributed by atoms with Gasteiger partial charge in [0, 0.05) is 12.6 Å². The van der Waals surface area contributed by atoms with Crippen molar-refractivity contribution in [3.8, 4) is 0 Å². The Bertz CT molecular complexity index is 222. The molecule has 2 saturated carbocycles. The monoisotopic (exact) mass is 197 g/mol. The molecule has 0 aromatic carbocycles. The van der Waals surface area contributed by atoms with Crippen molar-refractivity contribution in [2.24, 2.45) is 16.7 Å². The van der Waals surface area contributed by atoms with E-state index in [0.29, 0.717) is 16.9 Å². The third-order valence-electron chi connectivity index (χ3n) is 4.73. The Morgan fingerprint density at radius 2 is 2.07 bits per heavy atom. The molecule has 2 aliphatic rings. The topological polar surface area (TPSA) is 32.3 Å². The number of aliphatic hydroxyl groups excluding tert-OH is 1. The maximum atomic E-state index is 8.89. The van der Waals surface area contributed by atoms with Gasteiger partial charge >= 0.3 is 0 Å². The number of rotatable bonds is 3. The number of nitrogens with one attached hydrogen (secondary N) is 1. The normalized spacial score (nSPS) is 44.6. The molecule has 0 saturated heterocycles. The molecule has 0 radical (unpaired) electrons. The summed E-state index contributed by atoms with van der Waals surface area (Å²) in [6, 6.07) is 0.598. The Balaban J connectivity index is 2.13. The molecule has 0 spiro atoms. The van der Waals surface area contributed by atoms with Gasteiger partial charge in [-0.2, -0.15) is 0 Å². The second-order valence-electron chi connectivity index (χ2n) is 6.03. The van der Waals surface area contributed by atoms with E-state index < -0.39 is 0 Å². The van der Waals surface area contributed by atoms with Crippen molar-refractivity contribution in [3.63, 3.8) is 0 Å². The molecule has 2 heteroatoms. The zero-order chi connectivity index (χ0) is 10.4. The van der Waals surface area contributed by atoms with Gasteiger partial charge in [-0.1, -0.05) is 20.8 Å². The lowest BCUT2D eigenvalue weighted by Gasteiger charge is -2.43. The predicted molar refractivity (Wildman–Crippen MR) is 58.1 cm³/mol. The molecule has 1 unspecified atom stereocenters. The fourth-order valence-electron chi connectivity index (χ4n) is 4.02. The maximum Gasteiger partial charge on any atom is 0.0556 e. The van der Waals surface area contributed by atoms with Crippen molar-refractivity contribution in [1.82, 2.24) is 5.32 Å². The van der Waals surface area contributed by atoms with Crippen molar-refractivity contribution in [2.45, 2.75) is 46.1 Å². The van der Waals surface area contributed by atoms with Crippen molar-refractivity contribution < 1.29 is 5.11 Å². The Morgan fingerprint density at radius 1 is 1.36 bits per heavy atom. The lowest BCUT2D eigenvalue weighted by atomic mass is 9.68. The fourth-order valence-corrected chi connectivity index (χ4v) is 4.02. The summed E-state index contributed by atoms with van der Waals surface area (Å²) in [5.41, 5.74) is 0.908. The van der Waals surface area contributed by atoms with Gasteiger partial charge in [0.25, 0.3) is 0 Å². The molecule has 2 aliphatic carbocycles. The number of aliphatic hydroxyl groups is 1. The highest BCUT2D eigenvalue weighted by molar-refractivity contribution is 5.11. The number of hydrogen-bond acceptors (Lipinski definition) is 2. The molecule has 0 aliphatic heterocycles. The molecule has 0 amide bonds. The molecule has 3 atom stereocenters. The molecule has 2 nitrogen and oxygen atoms in total. The molecule has 2 N–H and O–H groups in total. The largest absolute Gasteiger partial charge is 0.395 e. The Labute approximate surface area is 87.1 Å². The van der Waals surface area contributed by atoms with Crippen LogP contribution < -0.4 is 5.32 Å². The highest BCUT2D eigenvalue weighted by Gasteiger charge is 2.58. The summed E-state index contributed by atoms with van der Waals surface area (Å²) in [5, 5.41) is 12.4. The van der Waals surface area contributed by atoms with Gasteiger partial charge in [-0.25, -0.2) is 0 Å². The fraction of sp³-hybridized carbons (Fsp3) is 1.00. The van der Waals surface area contributed by atoms with Crippen LogP contribution in [0, 0.1) is 16.7 Å². The maximum absolute atomic E-state index is 8.89. The van der Waals surface area contributed by atoms with Gasteiger partial charge in [0.05, 0.1) is 6.61 Å². The van der Waals surface area contributed by atoms with E-state index in [1.54, 1.807) is 0 Å². The first-order valence-corrected chi connectivity index (χ1v) is 5.85. The molecule has 2 fully saturated rings. The van der Waals surface area contributed by atoms with E-state index in [1.165, 1.54) is 19.3 Å². The van der Waals surface area contributed by atoms with Crippen LogP contribution in [0.15, 0.2) is 0 Å². The number of fused-ring (bicyclic) bond motifs is 2. The molecule has 2 bridgehead atoms. The molecule has 82 valence electrons. The molecular formula is C12H23NO. The second kappa shape index (κ2) is 3.21. The van der Waals surface area contributed by atoms with E-state index >= 15 is 0 Å². The van der Waals surface area contributed by atoms with Crippen molar-refractivity contribution in [3.05, 3.63) is 0 Å². The van der Waals surface area contributed by atoms with E-state index in [4.69, 9.17) is 5.11 Å². The SMILES string of the molecule is CC1(C)C(NCCO)[C@]2(C)CC[C@H]1C2. The highest BCUT2D eigenvalue weighted by Crippen LogP contribution is 2.62. The lowest BCUT2D eigenvalue weighted by Crippen LogP contribution is -2.50. The van der Waals surface area contributed by atoms with E-state index in [1.807, 2.05) is 0 Å². The summed E-state index contributed by atoms with van der Waals surface area (Å²) >= 11 is 0. The van der Waals surface area contributed by atoms with Crippen molar-refractivity contribution in [1.29, 1.82) is 0 Å². The van der Waals surface area contributed by atoms with Gasteiger partial charge in [0.15, 0.2) is 0 Å². The third kappa shape index (κ3) is 1.31. The average molecular weight is 197 g/mol. The summed E-state index contributed by atoms with van der Waals surface area (Å²) in [7, 11) is 0. The average Bonchev–Trinajstić information content (AvgIpc) is 2.55. The van der Waals surface area contributed by atoms with E-state index in [0.717, 1.165) is 12.5 Å². The van der Waals surface area contributed by atoms with Crippen LogP contribution in [0.25, 0.3) is 0 Å². The minimum absolute atomic E-state index is 0.257. The minimum atomic E-state index is 0.257. The molecule has 0 aromatic rings. The molecule has 0 aromatic heterocycles. The molecule has 14 heavy (non-hydrogen) atoms. The zero-order valence-corrected chi connectivity index (χ0v) is 9.64. The third-order valence-corrected chi connectivity index (χ3v) is 4.73. The van der Waals surface area contributed by atoms with Gasteiger partial charge in [0.1, 0.15) is 0 Å². The Kier molecular flexibility index (Phi) is 2.39. The van der Waals surface area contributed by atoms with E-state index in [-0.39, 0.29) is 6.61 Å². The van der Waals surface area contributed by atoms with E-state index in [9.17, 15) is 0 Å². The predicted octanol–water partition coefficient (Wildman–Crippen LogP) is 1.78. The Hall–Kier alpha value is -0.0800. The van der Waals surface area contributed by atoms with Gasteiger partial charge in [-0.3, -0.25) is 0 Å². The second-order valence-corrected chi connectivity index (χ2v) is 6.03. The summed E-state index contributed by atoms with van der Waals surface area (Å²) in [4.78, 5) is 0. The first-order valence-electron chi connectivity index (χ1n) is 5.85. The van der Waals surface area contributed by atoms with Gasteiger partial charge in [0.2, 0.25) is 0 Å². The molecular weight excluding hydrogens is 174 g/mol. The van der Waals surface area contributed by atoms with Crippen LogP contribution in [0.5, 0.6) is 0 Å². The standard InChI is InChI=1S/C12H23NO/c1-11(2)9-4-5-12(3,8-9)10(11)13-6-7-14/h9-10,13-14H,4-8H2,1-3H3/t9-,10?,12+/m0/s1. The number of hydrogen-bond donors (Lipinski definition) is 2. The first-order chi connectivity index (χ1) is 6.50. The van der Waals surface area contributed by atoms with Crippen LogP contribution in [0.2, 0.25) is 0 Å². The summed E-state index contributed by atoms with van der Waals surface area (Å²) < 4.78 is 0. The van der Waals surface area contributed by atoms with Crippen molar-refractivity contribution >= 4 is 0 Å². The van der Waals surface area contributed by atoms with Crippen LogP contribution in [-0.4, -0.2) is 24.3 Å². The van der Waals surface area contributed by atoms with Gasteiger partial charge < -0.3 is 10.4 Å². The van der Waals surface area contributed by atoms with Crippen LogP contribution in [0.4, 0.5) is 0 Å². The quantitative estimate of drug-likeness (QED) is 0.723. The van der Waals surface area contributed by atoms with Crippen LogP contribution in [0.1, 0.15) is 40.0 Å². The Morgan fingerprint density at radius 3 is 2.57 bits per heavy atom. The summed E-state index contributed by atoms with van der Waals surface area (Å²) in [6.07, 6.45) is 4.15. The van der Waals surface area contributed by atoms with Gasteiger partial charge in [-0.05, 0) is 36.0 Å². The first kappa shape index (κ1) is 10.4. The zero-order valence-electron chi connectivity index (χ0n) is 9.64. The van der Waals surface area contributed by atoms with Crippen LogP contribution >= 0.6 is 0 Å². The summed E-state index contributed by atoms with van der Waals surface area (Å²) in [6.45, 7) is 8.19. The summed E-state index contributed by atoms with van der Waals surface area (Å²) in [5.74, 6) is 0.892. The van der Waals surface area contributed by atoms with Gasteiger partial charge in [-0.15, -0.1) is 0 Å². The van der Waals surface area contributed by atoms with E-state index in [2.05, 4.69) is 26.1 Å². The highest BCUT2D eigenvalue weighted by atomic mass is 16.3. The lowest BCUT2D eigenvalue weighted by molar-refractivity contribution is 0.104. The van der Waals surface area contributed by atoms with Crippen LogP contribution in [-0.2, 0) is 0 Å². The molecule has 2 rings (SSSR count). The molecule has 0 heterocycles. The van der Waals surface area contributed by atoms with Crippen molar-refractivity contribution in [2.75, 3.05) is 13.2 Å².